The fraction of sp³-hybridized carbons (Fsp3) is 0.391. The number of piperazine rings is 1. The van der Waals surface area contributed by atoms with E-state index in [9.17, 15) is 13.2 Å². The summed E-state index contributed by atoms with van der Waals surface area (Å²) in [5.74, 6) is 1.29. The van der Waals surface area contributed by atoms with Crippen LogP contribution in [0.2, 0.25) is 0 Å². The van der Waals surface area contributed by atoms with E-state index in [1.165, 1.54) is 4.31 Å². The van der Waals surface area contributed by atoms with Gasteiger partial charge in [-0.3, -0.25) is 9.89 Å². The van der Waals surface area contributed by atoms with Crippen molar-refractivity contribution < 1.29 is 17.9 Å². The topological polar surface area (TPSA) is 125 Å². The number of aromatic nitrogens is 4. The highest BCUT2D eigenvalue weighted by atomic mass is 32.2. The molecule has 188 valence electrons. The third-order valence-corrected chi connectivity index (χ3v) is 8.90. The van der Waals surface area contributed by atoms with Gasteiger partial charge < -0.3 is 14.5 Å². The van der Waals surface area contributed by atoms with Gasteiger partial charge in [-0.15, -0.1) is 11.3 Å². The van der Waals surface area contributed by atoms with Crippen LogP contribution >= 0.6 is 11.3 Å². The SMILES string of the molecule is CS(=O)(=O)N1CCN(Cc2cc3nc(-c4cccc5[nH]ncc45)nc(N4CCOCC4)c3s2)C(=O)C1. The summed E-state index contributed by atoms with van der Waals surface area (Å²) in [6.45, 7) is 3.68. The van der Waals surface area contributed by atoms with Gasteiger partial charge in [-0.2, -0.15) is 9.40 Å². The number of amides is 1. The van der Waals surface area contributed by atoms with E-state index in [1.807, 2.05) is 24.3 Å². The summed E-state index contributed by atoms with van der Waals surface area (Å²) in [5, 5.41) is 8.13. The average Bonchev–Trinajstić information content (AvgIpc) is 3.51. The van der Waals surface area contributed by atoms with Crippen LogP contribution < -0.4 is 4.90 Å². The van der Waals surface area contributed by atoms with Gasteiger partial charge in [0, 0.05) is 42.0 Å². The van der Waals surface area contributed by atoms with Crippen LogP contribution in [0.25, 0.3) is 32.5 Å². The van der Waals surface area contributed by atoms with Crippen molar-refractivity contribution in [1.29, 1.82) is 0 Å². The van der Waals surface area contributed by atoms with E-state index >= 15 is 0 Å². The molecule has 2 aliphatic rings. The first-order valence-corrected chi connectivity index (χ1v) is 14.3. The summed E-state index contributed by atoms with van der Waals surface area (Å²) >= 11 is 1.58. The van der Waals surface area contributed by atoms with E-state index in [0.29, 0.717) is 38.7 Å². The molecule has 1 aromatic carbocycles. The van der Waals surface area contributed by atoms with Crippen molar-refractivity contribution in [2.24, 2.45) is 0 Å². The second-order valence-electron chi connectivity index (χ2n) is 8.95. The number of morpholine rings is 1. The van der Waals surface area contributed by atoms with Crippen molar-refractivity contribution in [2.75, 3.05) is 57.1 Å². The maximum absolute atomic E-state index is 12.7. The number of sulfonamides is 1. The molecule has 0 aliphatic carbocycles. The molecule has 3 aromatic heterocycles. The smallest absolute Gasteiger partial charge is 0.238 e. The number of aromatic amines is 1. The molecule has 0 radical (unpaired) electrons. The van der Waals surface area contributed by atoms with E-state index in [1.54, 1.807) is 22.4 Å². The second-order valence-corrected chi connectivity index (χ2v) is 12.1. The van der Waals surface area contributed by atoms with E-state index < -0.39 is 10.0 Å². The number of carbonyl (C=O) groups is 1. The van der Waals surface area contributed by atoms with Crippen LogP contribution in [0, 0.1) is 0 Å². The number of hydrogen-bond acceptors (Lipinski definition) is 9. The van der Waals surface area contributed by atoms with Crippen molar-refractivity contribution in [3.8, 4) is 11.4 Å². The molecule has 0 saturated carbocycles. The van der Waals surface area contributed by atoms with Crippen molar-refractivity contribution in [3.63, 3.8) is 0 Å². The molecule has 36 heavy (non-hydrogen) atoms. The first-order valence-electron chi connectivity index (χ1n) is 11.7. The lowest BCUT2D eigenvalue weighted by Gasteiger charge is -2.32. The largest absolute Gasteiger partial charge is 0.378 e. The Morgan fingerprint density at radius 2 is 1.97 bits per heavy atom. The Balaban J connectivity index is 1.38. The van der Waals surface area contributed by atoms with E-state index in [2.05, 4.69) is 15.1 Å². The highest BCUT2D eigenvalue weighted by Crippen LogP contribution is 2.36. The molecule has 5 heterocycles. The summed E-state index contributed by atoms with van der Waals surface area (Å²) in [5.41, 5.74) is 2.64. The molecule has 2 saturated heterocycles. The quantitative estimate of drug-likeness (QED) is 0.416. The Bertz CT molecular complexity index is 1560. The monoisotopic (exact) mass is 527 g/mol. The van der Waals surface area contributed by atoms with Crippen molar-refractivity contribution >= 4 is 54.2 Å². The predicted molar refractivity (Wildman–Crippen MR) is 137 cm³/mol. The number of nitrogens with one attached hydrogen (secondary N) is 1. The maximum Gasteiger partial charge on any atom is 0.238 e. The van der Waals surface area contributed by atoms with Crippen molar-refractivity contribution in [3.05, 3.63) is 35.3 Å². The lowest BCUT2D eigenvalue weighted by Crippen LogP contribution is -2.51. The fourth-order valence-corrected chi connectivity index (χ4v) is 6.53. The number of ether oxygens (including phenoxy) is 1. The normalized spacial score (nSPS) is 18.0. The van der Waals surface area contributed by atoms with Crippen LogP contribution in [-0.2, 0) is 26.1 Å². The number of thiophene rings is 1. The summed E-state index contributed by atoms with van der Waals surface area (Å²) in [7, 11) is -3.39. The molecule has 2 aliphatic heterocycles. The van der Waals surface area contributed by atoms with Crippen LogP contribution in [0.15, 0.2) is 30.5 Å². The van der Waals surface area contributed by atoms with Gasteiger partial charge in [-0.25, -0.2) is 18.4 Å². The minimum atomic E-state index is -3.39. The Labute approximate surface area is 211 Å². The number of benzene rings is 1. The van der Waals surface area contributed by atoms with Crippen molar-refractivity contribution in [2.45, 2.75) is 6.54 Å². The number of H-pyrrole nitrogens is 1. The van der Waals surface area contributed by atoms with Gasteiger partial charge in [0.05, 0.1) is 54.5 Å². The summed E-state index contributed by atoms with van der Waals surface area (Å²) in [6.07, 6.45) is 2.92. The Kier molecular flexibility index (Phi) is 5.86. The number of nitrogens with zero attached hydrogens (tertiary/aromatic N) is 6. The molecule has 1 amide bonds. The van der Waals surface area contributed by atoms with Crippen LogP contribution in [0.4, 0.5) is 5.82 Å². The zero-order valence-corrected chi connectivity index (χ0v) is 21.3. The van der Waals surface area contributed by atoms with Gasteiger partial charge in [-0.1, -0.05) is 12.1 Å². The molecule has 0 unspecified atom stereocenters. The zero-order valence-electron chi connectivity index (χ0n) is 19.7. The van der Waals surface area contributed by atoms with Crippen LogP contribution in [0.5, 0.6) is 0 Å². The maximum atomic E-state index is 12.7. The highest BCUT2D eigenvalue weighted by molar-refractivity contribution is 7.88. The molecule has 6 rings (SSSR count). The van der Waals surface area contributed by atoms with E-state index in [4.69, 9.17) is 14.7 Å². The molecule has 0 bridgehead atoms. The summed E-state index contributed by atoms with van der Waals surface area (Å²) in [6, 6.07) is 7.94. The van der Waals surface area contributed by atoms with Crippen molar-refractivity contribution in [1.82, 2.24) is 29.4 Å². The Morgan fingerprint density at radius 3 is 2.75 bits per heavy atom. The average molecular weight is 528 g/mol. The van der Waals surface area contributed by atoms with E-state index in [0.717, 1.165) is 56.7 Å². The third-order valence-electron chi connectivity index (χ3n) is 6.54. The fourth-order valence-electron chi connectivity index (χ4n) is 4.64. The second kappa shape index (κ2) is 9.07. The number of carbonyl (C=O) groups excluding carboxylic acids is 1. The van der Waals surface area contributed by atoms with Gasteiger partial charge >= 0.3 is 0 Å². The van der Waals surface area contributed by atoms with Gasteiger partial charge in [0.2, 0.25) is 15.9 Å². The van der Waals surface area contributed by atoms with Crippen LogP contribution in [0.3, 0.4) is 0 Å². The number of hydrogen-bond donors (Lipinski definition) is 1. The molecule has 4 aromatic rings. The molecule has 0 atom stereocenters. The molecule has 2 fully saturated rings. The predicted octanol–water partition coefficient (Wildman–Crippen LogP) is 1.67. The standard InChI is InChI=1S/C23H25N7O4S2/c1-36(32,33)30-6-5-29(20(31)14-30)13-15-11-19-21(35-15)23(28-7-9-34-10-8-28)26-22(25-19)16-3-2-4-18-17(16)12-24-27-18/h2-4,11-12H,5-10,13-14H2,1H3,(H,24,27). The van der Waals surface area contributed by atoms with E-state index in [-0.39, 0.29) is 12.5 Å². The van der Waals surface area contributed by atoms with Crippen LogP contribution in [-0.4, -0.2) is 95.9 Å². The highest BCUT2D eigenvalue weighted by Gasteiger charge is 2.30. The first-order chi connectivity index (χ1) is 17.4. The van der Waals surface area contributed by atoms with Gasteiger partial charge in [-0.05, 0) is 12.1 Å². The van der Waals surface area contributed by atoms with Crippen LogP contribution in [0.1, 0.15) is 4.88 Å². The lowest BCUT2D eigenvalue weighted by atomic mass is 10.1. The summed E-state index contributed by atoms with van der Waals surface area (Å²) in [4.78, 5) is 27.5. The number of fused-ring (bicyclic) bond motifs is 2. The first kappa shape index (κ1) is 23.3. The molecular formula is C23H25N7O4S2. The van der Waals surface area contributed by atoms with Gasteiger partial charge in [0.1, 0.15) is 0 Å². The minimum absolute atomic E-state index is 0.124. The molecule has 1 N–H and O–H groups in total. The molecule has 0 spiro atoms. The third kappa shape index (κ3) is 4.32. The van der Waals surface area contributed by atoms with Gasteiger partial charge in [0.15, 0.2) is 11.6 Å². The lowest BCUT2D eigenvalue weighted by molar-refractivity contribution is -0.134. The zero-order chi connectivity index (χ0) is 24.9. The number of anilines is 1. The molecular weight excluding hydrogens is 502 g/mol. The van der Waals surface area contributed by atoms with Gasteiger partial charge in [0.25, 0.3) is 0 Å². The molecule has 13 heteroatoms. The number of rotatable bonds is 5. The Hall–Kier alpha value is -3.13. The minimum Gasteiger partial charge on any atom is -0.378 e. The Morgan fingerprint density at radius 1 is 1.14 bits per heavy atom. The molecule has 11 nitrogen and oxygen atoms in total. The summed E-state index contributed by atoms with van der Waals surface area (Å²) < 4.78 is 31.4.